The van der Waals surface area contributed by atoms with Crippen molar-refractivity contribution in [3.8, 4) is 0 Å². The van der Waals surface area contributed by atoms with Crippen molar-refractivity contribution in [2.24, 2.45) is 5.92 Å². The molecule has 0 saturated carbocycles. The van der Waals surface area contributed by atoms with E-state index in [1.165, 1.54) is 13.1 Å². The van der Waals surface area contributed by atoms with Gasteiger partial charge in [0.25, 0.3) is 11.6 Å². The highest BCUT2D eigenvalue weighted by Crippen LogP contribution is 2.32. The van der Waals surface area contributed by atoms with Gasteiger partial charge in [0.2, 0.25) is 0 Å². The summed E-state index contributed by atoms with van der Waals surface area (Å²) in [5.41, 5.74) is 0.670. The van der Waals surface area contributed by atoms with E-state index in [-0.39, 0.29) is 29.2 Å². The summed E-state index contributed by atoms with van der Waals surface area (Å²) in [6.45, 7) is 3.04. The second-order valence-corrected chi connectivity index (χ2v) is 5.32. The predicted molar refractivity (Wildman–Crippen MR) is 78.5 cm³/mol. The van der Waals surface area contributed by atoms with E-state index in [4.69, 9.17) is 0 Å². The zero-order valence-corrected chi connectivity index (χ0v) is 12.1. The average molecular weight is 293 g/mol. The van der Waals surface area contributed by atoms with Crippen molar-refractivity contribution < 1.29 is 14.8 Å². The Bertz CT molecular complexity index is 561. The van der Waals surface area contributed by atoms with Crippen LogP contribution in [-0.4, -0.2) is 42.2 Å². The van der Waals surface area contributed by atoms with Crippen LogP contribution in [0.4, 0.5) is 11.4 Å². The molecule has 1 fully saturated rings. The molecule has 2 unspecified atom stereocenters. The summed E-state index contributed by atoms with van der Waals surface area (Å²) >= 11 is 0. The molecule has 1 amide bonds. The second-order valence-electron chi connectivity index (χ2n) is 5.32. The summed E-state index contributed by atoms with van der Waals surface area (Å²) in [6.07, 6.45) is 0.209. The molecule has 2 atom stereocenters. The Morgan fingerprint density at radius 3 is 2.81 bits per heavy atom. The number of aliphatic hydroxyl groups excluding tert-OH is 1. The number of hydrogen-bond donors (Lipinski definition) is 2. The first kappa shape index (κ1) is 15.2. The fourth-order valence-electron chi connectivity index (χ4n) is 2.57. The maximum Gasteiger partial charge on any atom is 0.293 e. The number of hydrogen-bond acceptors (Lipinski definition) is 5. The van der Waals surface area contributed by atoms with Crippen LogP contribution < -0.4 is 10.2 Å². The van der Waals surface area contributed by atoms with Crippen molar-refractivity contribution >= 4 is 17.3 Å². The molecular formula is C14H19N3O4. The third kappa shape index (κ3) is 3.13. The van der Waals surface area contributed by atoms with Crippen LogP contribution in [0.2, 0.25) is 0 Å². The van der Waals surface area contributed by atoms with Crippen molar-refractivity contribution in [1.29, 1.82) is 0 Å². The van der Waals surface area contributed by atoms with Crippen LogP contribution in [0.1, 0.15) is 23.7 Å². The third-order valence-corrected chi connectivity index (χ3v) is 3.86. The highest BCUT2D eigenvalue weighted by Gasteiger charge is 2.28. The number of amides is 1. The van der Waals surface area contributed by atoms with Gasteiger partial charge in [-0.3, -0.25) is 14.9 Å². The van der Waals surface area contributed by atoms with Crippen LogP contribution in [0.15, 0.2) is 18.2 Å². The van der Waals surface area contributed by atoms with Crippen LogP contribution in [0.25, 0.3) is 0 Å². The summed E-state index contributed by atoms with van der Waals surface area (Å²) in [6, 6.07) is 4.48. The Kier molecular flexibility index (Phi) is 4.42. The van der Waals surface area contributed by atoms with Gasteiger partial charge in [0, 0.05) is 31.8 Å². The smallest absolute Gasteiger partial charge is 0.293 e. The van der Waals surface area contributed by atoms with Gasteiger partial charge in [-0.15, -0.1) is 0 Å². The van der Waals surface area contributed by atoms with Crippen LogP contribution in [0, 0.1) is 16.0 Å². The number of benzene rings is 1. The number of carbonyl (C=O) groups excluding carboxylic acids is 1. The summed E-state index contributed by atoms with van der Waals surface area (Å²) in [7, 11) is 1.48. The maximum absolute atomic E-state index is 11.6. The molecule has 1 aromatic rings. The van der Waals surface area contributed by atoms with E-state index in [0.717, 1.165) is 0 Å². The molecule has 1 heterocycles. The van der Waals surface area contributed by atoms with Crippen molar-refractivity contribution in [2.75, 3.05) is 25.0 Å². The molecule has 0 aromatic heterocycles. The van der Waals surface area contributed by atoms with Crippen molar-refractivity contribution in [1.82, 2.24) is 5.32 Å². The summed E-state index contributed by atoms with van der Waals surface area (Å²) < 4.78 is 0. The summed E-state index contributed by atoms with van der Waals surface area (Å²) in [5, 5.41) is 23.5. The maximum atomic E-state index is 11.6. The van der Waals surface area contributed by atoms with Gasteiger partial charge in [-0.25, -0.2) is 0 Å². The van der Waals surface area contributed by atoms with Crippen LogP contribution in [-0.2, 0) is 0 Å². The number of nitrogens with zero attached hydrogens (tertiary/aromatic N) is 2. The largest absolute Gasteiger partial charge is 0.393 e. The van der Waals surface area contributed by atoms with E-state index in [0.29, 0.717) is 25.2 Å². The normalized spacial score (nSPS) is 22.0. The zero-order chi connectivity index (χ0) is 15.6. The van der Waals surface area contributed by atoms with Gasteiger partial charge in [-0.1, -0.05) is 6.92 Å². The van der Waals surface area contributed by atoms with Crippen molar-refractivity contribution in [3.63, 3.8) is 0 Å². The molecular weight excluding hydrogens is 274 g/mol. The van der Waals surface area contributed by atoms with E-state index < -0.39 is 4.92 Å². The molecule has 0 aliphatic carbocycles. The lowest BCUT2D eigenvalue weighted by Crippen LogP contribution is -2.42. The van der Waals surface area contributed by atoms with Crippen LogP contribution in [0.5, 0.6) is 0 Å². The van der Waals surface area contributed by atoms with Gasteiger partial charge in [0.05, 0.1) is 11.0 Å². The molecule has 1 saturated heterocycles. The Morgan fingerprint density at radius 2 is 2.24 bits per heavy atom. The summed E-state index contributed by atoms with van der Waals surface area (Å²) in [4.78, 5) is 24.3. The first-order valence-electron chi connectivity index (χ1n) is 6.87. The number of carbonyl (C=O) groups is 1. The minimum Gasteiger partial charge on any atom is -0.393 e. The Balaban J connectivity index is 2.35. The molecule has 1 aromatic carbocycles. The molecule has 0 spiro atoms. The van der Waals surface area contributed by atoms with Crippen LogP contribution >= 0.6 is 0 Å². The Hall–Kier alpha value is -2.15. The number of aliphatic hydroxyl groups is 1. The average Bonchev–Trinajstić information content (AvgIpc) is 2.48. The molecule has 7 heteroatoms. The van der Waals surface area contributed by atoms with Crippen molar-refractivity contribution in [3.05, 3.63) is 33.9 Å². The molecule has 7 nitrogen and oxygen atoms in total. The first-order chi connectivity index (χ1) is 9.93. The van der Waals surface area contributed by atoms with Crippen LogP contribution in [0.3, 0.4) is 0 Å². The van der Waals surface area contributed by atoms with E-state index >= 15 is 0 Å². The highest BCUT2D eigenvalue weighted by molar-refractivity contribution is 5.95. The second kappa shape index (κ2) is 6.09. The van der Waals surface area contributed by atoms with Crippen molar-refractivity contribution in [2.45, 2.75) is 19.4 Å². The minimum absolute atomic E-state index is 0.0528. The topological polar surface area (TPSA) is 95.7 Å². The van der Waals surface area contributed by atoms with E-state index in [2.05, 4.69) is 5.32 Å². The van der Waals surface area contributed by atoms with Gasteiger partial charge in [0.15, 0.2) is 0 Å². The molecule has 21 heavy (non-hydrogen) atoms. The first-order valence-corrected chi connectivity index (χ1v) is 6.87. The molecule has 0 radical (unpaired) electrons. The zero-order valence-electron chi connectivity index (χ0n) is 12.1. The number of nitro benzene ring substituents is 1. The predicted octanol–water partition coefficient (Wildman–Crippen LogP) is 1.16. The Labute approximate surface area is 122 Å². The third-order valence-electron chi connectivity index (χ3n) is 3.86. The van der Waals surface area contributed by atoms with Gasteiger partial charge in [-0.05, 0) is 24.5 Å². The molecule has 114 valence electrons. The van der Waals surface area contributed by atoms with E-state index in [1.54, 1.807) is 12.1 Å². The lowest BCUT2D eigenvalue weighted by Gasteiger charge is -2.35. The van der Waals surface area contributed by atoms with Gasteiger partial charge in [0.1, 0.15) is 5.69 Å². The number of piperidine rings is 1. The molecule has 0 bridgehead atoms. The number of rotatable bonds is 3. The van der Waals surface area contributed by atoms with Gasteiger partial charge >= 0.3 is 0 Å². The van der Waals surface area contributed by atoms with Gasteiger partial charge < -0.3 is 15.3 Å². The standard InChI is InChI=1S/C14H19N3O4/c1-9-8-16(6-5-13(9)18)11-4-3-10(14(19)15-2)7-12(11)17(20)21/h3-4,7,9,13,18H,5-6,8H2,1-2H3,(H,15,19). The fraction of sp³-hybridized carbons (Fsp3) is 0.500. The lowest BCUT2D eigenvalue weighted by atomic mass is 9.96. The Morgan fingerprint density at radius 1 is 1.52 bits per heavy atom. The molecule has 2 rings (SSSR count). The van der Waals surface area contributed by atoms with E-state index in [1.807, 2.05) is 11.8 Å². The monoisotopic (exact) mass is 293 g/mol. The minimum atomic E-state index is -0.475. The molecule has 2 N–H and O–H groups in total. The number of nitro groups is 1. The fourth-order valence-corrected chi connectivity index (χ4v) is 2.57. The number of nitrogens with one attached hydrogen (secondary N) is 1. The number of anilines is 1. The summed E-state index contributed by atoms with van der Waals surface area (Å²) in [5.74, 6) is -0.302. The SMILES string of the molecule is CNC(=O)c1ccc(N2CCC(O)C(C)C2)c([N+](=O)[O-])c1. The molecule has 1 aliphatic rings. The highest BCUT2D eigenvalue weighted by atomic mass is 16.6. The van der Waals surface area contributed by atoms with E-state index in [9.17, 15) is 20.0 Å². The quantitative estimate of drug-likeness (QED) is 0.644. The lowest BCUT2D eigenvalue weighted by molar-refractivity contribution is -0.384. The van der Waals surface area contributed by atoms with Gasteiger partial charge in [-0.2, -0.15) is 0 Å². The molecule has 1 aliphatic heterocycles.